The van der Waals surface area contributed by atoms with E-state index in [1.54, 1.807) is 0 Å². The minimum Gasteiger partial charge on any atom is -0.236 e. The van der Waals surface area contributed by atoms with Crippen molar-refractivity contribution in [3.05, 3.63) is 240 Å². The molecule has 0 bridgehead atoms. The number of aromatic nitrogens is 4. The first-order valence-corrected chi connectivity index (χ1v) is 21.4. The van der Waals surface area contributed by atoms with E-state index in [1.807, 2.05) is 48.8 Å². The van der Waals surface area contributed by atoms with Gasteiger partial charge in [0.05, 0.1) is 22.4 Å². The van der Waals surface area contributed by atoms with Gasteiger partial charge in [-0.3, -0.25) is 0 Å². The molecule has 0 saturated carbocycles. The Bertz CT molecular complexity index is 3670. The van der Waals surface area contributed by atoms with Crippen molar-refractivity contribution in [1.29, 1.82) is 0 Å². The summed E-state index contributed by atoms with van der Waals surface area (Å²) < 4.78 is 0. The topological polar surface area (TPSA) is 51.6 Å². The quantitative estimate of drug-likeness (QED) is 0.166. The van der Waals surface area contributed by atoms with Crippen molar-refractivity contribution in [3.63, 3.8) is 0 Å². The van der Waals surface area contributed by atoms with Gasteiger partial charge in [0.2, 0.25) is 0 Å². The van der Waals surface area contributed by atoms with Crippen LogP contribution in [0.1, 0.15) is 33.4 Å². The van der Waals surface area contributed by atoms with Gasteiger partial charge in [0.1, 0.15) is 0 Å². The van der Waals surface area contributed by atoms with Crippen LogP contribution in [0.5, 0.6) is 0 Å². The summed E-state index contributed by atoms with van der Waals surface area (Å²) in [5.74, 6) is 1.23. The first kappa shape index (κ1) is 35.4. The van der Waals surface area contributed by atoms with Crippen LogP contribution in [0.3, 0.4) is 0 Å². The summed E-state index contributed by atoms with van der Waals surface area (Å²) in [4.78, 5) is 20.0. The molecule has 63 heavy (non-hydrogen) atoms. The van der Waals surface area contributed by atoms with Crippen LogP contribution in [-0.2, 0) is 5.41 Å². The monoisotopic (exact) mass is 800 g/mol. The molecule has 2 aliphatic rings. The second-order valence-electron chi connectivity index (χ2n) is 16.5. The summed E-state index contributed by atoms with van der Waals surface area (Å²) in [7, 11) is 0. The normalized spacial score (nSPS) is 14.7. The van der Waals surface area contributed by atoms with Crippen LogP contribution in [0, 0.1) is 0 Å². The molecule has 1 unspecified atom stereocenters. The van der Waals surface area contributed by atoms with Gasteiger partial charge in [0.25, 0.3) is 0 Å². The van der Waals surface area contributed by atoms with Crippen molar-refractivity contribution in [3.8, 4) is 56.4 Å². The van der Waals surface area contributed by atoms with E-state index < -0.39 is 5.41 Å². The Hall–Kier alpha value is -8.34. The van der Waals surface area contributed by atoms with E-state index in [9.17, 15) is 0 Å². The zero-order chi connectivity index (χ0) is 41.5. The van der Waals surface area contributed by atoms with Gasteiger partial charge < -0.3 is 0 Å². The summed E-state index contributed by atoms with van der Waals surface area (Å²) in [5, 5.41) is 7.61. The molecule has 2 aromatic heterocycles. The van der Waals surface area contributed by atoms with Gasteiger partial charge in [0.15, 0.2) is 11.6 Å². The molecule has 2 heterocycles. The van der Waals surface area contributed by atoms with Crippen molar-refractivity contribution in [2.75, 3.05) is 0 Å². The zero-order valence-corrected chi connectivity index (χ0v) is 34.1. The molecule has 0 radical (unpaired) electrons. The minimum absolute atomic E-state index is 0.572. The van der Waals surface area contributed by atoms with E-state index in [0.717, 1.165) is 33.6 Å². The van der Waals surface area contributed by atoms with Gasteiger partial charge in [-0.25, -0.2) is 19.9 Å². The zero-order valence-electron chi connectivity index (χ0n) is 34.1. The highest BCUT2D eigenvalue weighted by Gasteiger charge is 2.49. The summed E-state index contributed by atoms with van der Waals surface area (Å²) in [6, 6.07) is 70.1. The van der Waals surface area contributed by atoms with E-state index in [0.29, 0.717) is 11.6 Å². The predicted molar refractivity (Wildman–Crippen MR) is 258 cm³/mol. The molecule has 1 spiro atoms. The molecule has 13 rings (SSSR count). The first-order valence-electron chi connectivity index (χ1n) is 21.4. The Morgan fingerprint density at radius 2 is 0.841 bits per heavy atom. The van der Waals surface area contributed by atoms with Gasteiger partial charge >= 0.3 is 0 Å². The fourth-order valence-electron chi connectivity index (χ4n) is 10.4. The Kier molecular flexibility index (Phi) is 7.79. The molecular formula is C59H36N4. The molecule has 0 N–H and O–H groups in total. The van der Waals surface area contributed by atoms with Crippen LogP contribution in [0.4, 0.5) is 0 Å². The fourth-order valence-corrected chi connectivity index (χ4v) is 10.4. The molecule has 1 atom stereocenters. The average molecular weight is 801 g/mol. The number of fused-ring (bicyclic) bond motifs is 15. The maximum absolute atomic E-state index is 5.32. The van der Waals surface area contributed by atoms with Crippen molar-refractivity contribution >= 4 is 44.5 Å². The molecule has 11 aromatic rings. The standard InChI is InChI=1S/C59H36N4/c1-3-16-39(17-4-1)55-34-56(63-58(62-55)42-35-60-57(61-36-42)40-18-5-2-6-19-40)41-30-29-38-28-27-37-15-7-13-25-51(37)59(53(38)31-41)52-26-14-12-24-47(52)50-32-48-45-22-10-8-20-43(45)44-21-9-11-23-46(44)49(48)33-54(50)59/h1-36H. The van der Waals surface area contributed by atoms with Gasteiger partial charge in [-0.1, -0.05) is 182 Å². The van der Waals surface area contributed by atoms with Gasteiger partial charge in [0, 0.05) is 29.1 Å². The summed E-state index contributed by atoms with van der Waals surface area (Å²) in [5.41, 5.74) is 14.7. The molecule has 4 heteroatoms. The molecule has 0 saturated heterocycles. The van der Waals surface area contributed by atoms with E-state index in [2.05, 4.69) is 170 Å². The third-order valence-electron chi connectivity index (χ3n) is 13.2. The maximum Gasteiger partial charge on any atom is 0.163 e. The van der Waals surface area contributed by atoms with Crippen molar-refractivity contribution in [2.24, 2.45) is 0 Å². The van der Waals surface area contributed by atoms with Crippen LogP contribution in [-0.4, -0.2) is 19.9 Å². The molecule has 292 valence electrons. The number of nitrogens with zero attached hydrogens (tertiary/aromatic N) is 4. The van der Waals surface area contributed by atoms with Crippen LogP contribution in [0.25, 0.3) is 101 Å². The molecule has 4 nitrogen and oxygen atoms in total. The Morgan fingerprint density at radius 1 is 0.302 bits per heavy atom. The third-order valence-corrected chi connectivity index (χ3v) is 13.2. The largest absolute Gasteiger partial charge is 0.236 e. The lowest BCUT2D eigenvalue weighted by molar-refractivity contribution is 0.767. The SMILES string of the molecule is C1=Cc2ccc(-c3cc(-c4ccccc4)nc(-c4cnc(-c5ccccc5)nc4)n3)cc2C2(c3ccccc31)c1ccccc1-c1cc3c4ccccc4c4ccccc4c3cc12. The van der Waals surface area contributed by atoms with Crippen LogP contribution >= 0.6 is 0 Å². The Morgan fingerprint density at radius 3 is 1.54 bits per heavy atom. The lowest BCUT2D eigenvalue weighted by atomic mass is 9.65. The van der Waals surface area contributed by atoms with Crippen LogP contribution < -0.4 is 0 Å². The molecule has 9 aromatic carbocycles. The van der Waals surface area contributed by atoms with Crippen molar-refractivity contribution < 1.29 is 0 Å². The lowest BCUT2D eigenvalue weighted by Gasteiger charge is -2.35. The first-order chi connectivity index (χ1) is 31.2. The smallest absolute Gasteiger partial charge is 0.163 e. The predicted octanol–water partition coefficient (Wildman–Crippen LogP) is 14.2. The molecule has 0 aliphatic heterocycles. The highest BCUT2D eigenvalue weighted by atomic mass is 14.9. The number of rotatable bonds is 4. The van der Waals surface area contributed by atoms with Crippen molar-refractivity contribution in [2.45, 2.75) is 5.41 Å². The number of hydrogen-bond acceptors (Lipinski definition) is 4. The molecule has 0 amide bonds. The van der Waals surface area contributed by atoms with E-state index in [4.69, 9.17) is 19.9 Å². The van der Waals surface area contributed by atoms with Crippen LogP contribution in [0.2, 0.25) is 0 Å². The molecular weight excluding hydrogens is 765 g/mol. The van der Waals surface area contributed by atoms with Gasteiger partial charge in [-0.15, -0.1) is 0 Å². The summed E-state index contributed by atoms with van der Waals surface area (Å²) >= 11 is 0. The summed E-state index contributed by atoms with van der Waals surface area (Å²) in [6.07, 6.45) is 8.26. The Labute approximate surface area is 364 Å². The van der Waals surface area contributed by atoms with E-state index >= 15 is 0 Å². The highest BCUT2D eigenvalue weighted by Crippen LogP contribution is 2.60. The van der Waals surface area contributed by atoms with Crippen molar-refractivity contribution in [1.82, 2.24) is 19.9 Å². The molecule has 2 aliphatic carbocycles. The highest BCUT2D eigenvalue weighted by molar-refractivity contribution is 6.26. The second kappa shape index (κ2) is 13.8. The third kappa shape index (κ3) is 5.35. The van der Waals surface area contributed by atoms with E-state index in [-0.39, 0.29) is 0 Å². The van der Waals surface area contributed by atoms with Crippen LogP contribution in [0.15, 0.2) is 207 Å². The Balaban J connectivity index is 1.08. The number of benzene rings is 9. The van der Waals surface area contributed by atoms with E-state index in [1.165, 1.54) is 76.8 Å². The minimum atomic E-state index is -0.641. The number of hydrogen-bond donors (Lipinski definition) is 0. The molecule has 0 fully saturated rings. The fraction of sp³-hybridized carbons (Fsp3) is 0.0169. The summed E-state index contributed by atoms with van der Waals surface area (Å²) in [6.45, 7) is 0. The average Bonchev–Trinajstić information content (AvgIpc) is 3.56. The maximum atomic E-state index is 5.32. The lowest BCUT2D eigenvalue weighted by Crippen LogP contribution is -2.30. The van der Waals surface area contributed by atoms with Gasteiger partial charge in [-0.2, -0.15) is 0 Å². The van der Waals surface area contributed by atoms with Gasteiger partial charge in [-0.05, 0) is 101 Å². The second-order valence-corrected chi connectivity index (χ2v) is 16.5.